The Balaban J connectivity index is 1.28. The van der Waals surface area contributed by atoms with Gasteiger partial charge in [0.05, 0.1) is 23.8 Å². The van der Waals surface area contributed by atoms with Gasteiger partial charge < -0.3 is 14.8 Å². The van der Waals surface area contributed by atoms with Gasteiger partial charge in [-0.2, -0.15) is 5.10 Å². The number of hydrogen-bond acceptors (Lipinski definition) is 6. The number of amides is 1. The number of nitrogens with one attached hydrogen (secondary N) is 2. The lowest BCUT2D eigenvalue weighted by Crippen LogP contribution is -2.15. The van der Waals surface area contributed by atoms with Crippen molar-refractivity contribution < 1.29 is 14.3 Å². The molecule has 5 rings (SSSR count). The zero-order chi connectivity index (χ0) is 18.9. The summed E-state index contributed by atoms with van der Waals surface area (Å²) in [6.07, 6.45) is 1.94. The molecule has 1 aliphatic rings. The molecule has 2 N–H and O–H groups in total. The van der Waals surface area contributed by atoms with Crippen LogP contribution in [0.1, 0.15) is 5.69 Å². The molecule has 2 aromatic heterocycles. The average molecular weight is 392 g/mol. The third kappa shape index (κ3) is 3.29. The van der Waals surface area contributed by atoms with Crippen LogP contribution in [0.5, 0.6) is 11.5 Å². The van der Waals surface area contributed by atoms with Gasteiger partial charge in [0.2, 0.25) is 5.91 Å². The van der Waals surface area contributed by atoms with Gasteiger partial charge in [-0.25, -0.2) is 4.98 Å². The smallest absolute Gasteiger partial charge is 0.230 e. The molecule has 8 heteroatoms. The van der Waals surface area contributed by atoms with Crippen LogP contribution in [0, 0.1) is 0 Å². The third-order valence-electron chi connectivity index (χ3n) is 4.41. The van der Waals surface area contributed by atoms with Crippen LogP contribution in [0.4, 0.5) is 5.69 Å². The van der Waals surface area contributed by atoms with E-state index in [1.165, 1.54) is 11.3 Å². The summed E-state index contributed by atoms with van der Waals surface area (Å²) in [7, 11) is 0. The molecule has 1 aliphatic heterocycles. The van der Waals surface area contributed by atoms with Gasteiger partial charge in [0.15, 0.2) is 11.5 Å². The summed E-state index contributed by atoms with van der Waals surface area (Å²) in [5.74, 6) is 1.37. The van der Waals surface area contributed by atoms with E-state index in [2.05, 4.69) is 20.5 Å². The molecule has 0 saturated heterocycles. The second-order valence-electron chi connectivity index (χ2n) is 6.40. The summed E-state index contributed by atoms with van der Waals surface area (Å²) in [6, 6.07) is 11.4. The first-order chi connectivity index (χ1) is 13.7. The normalized spacial score (nSPS) is 12.9. The van der Waals surface area contributed by atoms with E-state index >= 15 is 0 Å². The molecule has 0 radical (unpaired) electrons. The molecule has 140 valence electrons. The predicted octanol–water partition coefficient (Wildman–Crippen LogP) is 3.64. The molecule has 0 saturated carbocycles. The molecular formula is C20H16N4O3S. The zero-order valence-corrected chi connectivity index (χ0v) is 15.6. The van der Waals surface area contributed by atoms with Crippen molar-refractivity contribution in [3.05, 3.63) is 53.7 Å². The second-order valence-corrected chi connectivity index (χ2v) is 7.26. The number of carbonyl (C=O) groups is 1. The van der Waals surface area contributed by atoms with Gasteiger partial charge in [0, 0.05) is 22.0 Å². The lowest BCUT2D eigenvalue weighted by atomic mass is 10.2. The summed E-state index contributed by atoms with van der Waals surface area (Å²) in [5, 5.41) is 13.5. The van der Waals surface area contributed by atoms with Crippen molar-refractivity contribution in [1.29, 1.82) is 0 Å². The SMILES string of the molecule is O=C(Cc1csc(-c2ccc3c(c2)OCCO3)n1)Nc1ccc2[nH]ncc2c1. The average Bonchev–Trinajstić information content (AvgIpc) is 3.36. The van der Waals surface area contributed by atoms with E-state index in [0.717, 1.165) is 44.4 Å². The van der Waals surface area contributed by atoms with E-state index in [4.69, 9.17) is 9.47 Å². The van der Waals surface area contributed by atoms with E-state index in [1.807, 2.05) is 41.8 Å². The molecule has 0 atom stereocenters. The van der Waals surface area contributed by atoms with Crippen molar-refractivity contribution in [3.63, 3.8) is 0 Å². The summed E-state index contributed by atoms with van der Waals surface area (Å²) in [4.78, 5) is 17.0. The highest BCUT2D eigenvalue weighted by atomic mass is 32.1. The first-order valence-electron chi connectivity index (χ1n) is 8.82. The Hall–Kier alpha value is -3.39. The standard InChI is InChI=1S/C20H16N4O3S/c25-19(22-14-2-3-16-13(7-14)10-21-24-16)9-15-11-28-20(23-15)12-1-4-17-18(8-12)27-6-5-26-17/h1-4,7-8,10-11H,5-6,9H2,(H,21,24)(H,22,25). The number of hydrogen-bond donors (Lipinski definition) is 2. The van der Waals surface area contributed by atoms with Crippen LogP contribution in [-0.4, -0.2) is 34.3 Å². The minimum Gasteiger partial charge on any atom is -0.486 e. The maximum atomic E-state index is 12.4. The summed E-state index contributed by atoms with van der Waals surface area (Å²) in [6.45, 7) is 1.11. The number of aromatic amines is 1. The van der Waals surface area contributed by atoms with Crippen LogP contribution in [0.2, 0.25) is 0 Å². The van der Waals surface area contributed by atoms with Crippen molar-refractivity contribution in [3.8, 4) is 22.1 Å². The third-order valence-corrected chi connectivity index (χ3v) is 5.35. The largest absolute Gasteiger partial charge is 0.486 e. The van der Waals surface area contributed by atoms with Gasteiger partial charge in [-0.05, 0) is 36.4 Å². The Kier molecular flexibility index (Phi) is 4.17. The number of thiazole rings is 1. The number of rotatable bonds is 4. The highest BCUT2D eigenvalue weighted by Gasteiger charge is 2.15. The maximum absolute atomic E-state index is 12.4. The molecule has 3 heterocycles. The Labute approximate surface area is 164 Å². The zero-order valence-electron chi connectivity index (χ0n) is 14.8. The Morgan fingerprint density at radius 1 is 1.14 bits per heavy atom. The van der Waals surface area contributed by atoms with E-state index in [9.17, 15) is 4.79 Å². The molecule has 4 aromatic rings. The van der Waals surface area contributed by atoms with Crippen LogP contribution in [-0.2, 0) is 11.2 Å². The van der Waals surface area contributed by atoms with Crippen molar-refractivity contribution in [1.82, 2.24) is 15.2 Å². The molecule has 7 nitrogen and oxygen atoms in total. The van der Waals surface area contributed by atoms with Gasteiger partial charge in [0.1, 0.15) is 18.2 Å². The van der Waals surface area contributed by atoms with Crippen LogP contribution in [0.3, 0.4) is 0 Å². The number of carbonyl (C=O) groups excluding carboxylic acids is 1. The lowest BCUT2D eigenvalue weighted by Gasteiger charge is -2.18. The molecule has 28 heavy (non-hydrogen) atoms. The molecular weight excluding hydrogens is 376 g/mol. The first kappa shape index (κ1) is 16.8. The Bertz CT molecular complexity index is 1170. The fourth-order valence-electron chi connectivity index (χ4n) is 3.09. The predicted molar refractivity (Wildman–Crippen MR) is 107 cm³/mol. The van der Waals surface area contributed by atoms with E-state index < -0.39 is 0 Å². The molecule has 1 amide bonds. The number of benzene rings is 2. The van der Waals surface area contributed by atoms with Gasteiger partial charge in [0.25, 0.3) is 0 Å². The molecule has 0 aliphatic carbocycles. The molecule has 2 aromatic carbocycles. The minimum absolute atomic E-state index is 0.109. The monoisotopic (exact) mass is 392 g/mol. The van der Waals surface area contributed by atoms with Crippen LogP contribution in [0.25, 0.3) is 21.5 Å². The van der Waals surface area contributed by atoms with Crippen LogP contribution >= 0.6 is 11.3 Å². The van der Waals surface area contributed by atoms with E-state index in [0.29, 0.717) is 13.2 Å². The number of fused-ring (bicyclic) bond motifs is 2. The van der Waals surface area contributed by atoms with Crippen molar-refractivity contribution in [2.24, 2.45) is 0 Å². The molecule has 0 bridgehead atoms. The molecule has 0 fully saturated rings. The maximum Gasteiger partial charge on any atom is 0.230 e. The fourth-order valence-corrected chi connectivity index (χ4v) is 3.90. The number of anilines is 1. The van der Waals surface area contributed by atoms with Crippen LogP contribution < -0.4 is 14.8 Å². The van der Waals surface area contributed by atoms with Crippen molar-refractivity contribution in [2.45, 2.75) is 6.42 Å². The van der Waals surface area contributed by atoms with Crippen molar-refractivity contribution >= 4 is 33.8 Å². The summed E-state index contributed by atoms with van der Waals surface area (Å²) in [5.41, 5.74) is 3.35. The fraction of sp³-hybridized carbons (Fsp3) is 0.150. The van der Waals surface area contributed by atoms with E-state index in [1.54, 1.807) is 6.20 Å². The summed E-state index contributed by atoms with van der Waals surface area (Å²) >= 11 is 1.50. The highest BCUT2D eigenvalue weighted by molar-refractivity contribution is 7.13. The highest BCUT2D eigenvalue weighted by Crippen LogP contribution is 2.35. The van der Waals surface area contributed by atoms with Gasteiger partial charge in [-0.1, -0.05) is 0 Å². The number of ether oxygens (including phenoxy) is 2. The summed E-state index contributed by atoms with van der Waals surface area (Å²) < 4.78 is 11.2. The topological polar surface area (TPSA) is 89.1 Å². The van der Waals surface area contributed by atoms with Gasteiger partial charge >= 0.3 is 0 Å². The van der Waals surface area contributed by atoms with Crippen molar-refractivity contribution in [2.75, 3.05) is 18.5 Å². The number of nitrogens with zero attached hydrogens (tertiary/aromatic N) is 2. The van der Waals surface area contributed by atoms with Gasteiger partial charge in [-0.3, -0.25) is 9.89 Å². The Morgan fingerprint density at radius 2 is 2.04 bits per heavy atom. The molecule has 0 unspecified atom stereocenters. The first-order valence-corrected chi connectivity index (χ1v) is 9.70. The number of aromatic nitrogens is 3. The van der Waals surface area contributed by atoms with E-state index in [-0.39, 0.29) is 12.3 Å². The van der Waals surface area contributed by atoms with Crippen LogP contribution in [0.15, 0.2) is 48.0 Å². The Morgan fingerprint density at radius 3 is 2.96 bits per heavy atom. The van der Waals surface area contributed by atoms with Gasteiger partial charge in [-0.15, -0.1) is 11.3 Å². The number of H-pyrrole nitrogens is 1. The molecule has 0 spiro atoms. The quantitative estimate of drug-likeness (QED) is 0.554. The lowest BCUT2D eigenvalue weighted by molar-refractivity contribution is -0.115. The minimum atomic E-state index is -0.109. The second kappa shape index (κ2) is 6.97.